The van der Waals surface area contributed by atoms with Gasteiger partial charge in [0.1, 0.15) is 0 Å². The topological polar surface area (TPSA) is 0 Å². The number of hydrogen-bond donors (Lipinski definition) is 0. The highest BCUT2D eigenvalue weighted by molar-refractivity contribution is 6.31. The highest BCUT2D eigenvalue weighted by Crippen LogP contribution is 2.05. The van der Waals surface area contributed by atoms with Gasteiger partial charge in [-0.2, -0.15) is 0 Å². The molecular weight excluding hydrogens is 120 g/mol. The molecule has 0 saturated carbocycles. The molecule has 0 amide bonds. The molecule has 0 aromatic rings. The number of rotatable bonds is 1. The summed E-state index contributed by atoms with van der Waals surface area (Å²) in [7, 11) is 0. The van der Waals surface area contributed by atoms with E-state index in [1.807, 2.05) is 32.9 Å². The molecule has 0 aromatic heterocycles. The van der Waals surface area contributed by atoms with E-state index in [0.29, 0.717) is 0 Å². The molecule has 0 rings (SSSR count). The van der Waals surface area contributed by atoms with Crippen molar-refractivity contribution in [1.29, 1.82) is 0 Å². The first-order chi connectivity index (χ1) is 3.66. The molecule has 0 nitrogen and oxygen atoms in total. The van der Waals surface area contributed by atoms with Crippen LogP contribution in [0.1, 0.15) is 20.8 Å². The first kappa shape index (κ1) is 7.77. The van der Waals surface area contributed by atoms with Crippen LogP contribution in [0.15, 0.2) is 22.8 Å². The Bertz CT molecular complexity index is 116. The number of hydrogen-bond acceptors (Lipinski definition) is 0. The third-order valence-electron chi connectivity index (χ3n) is 0.702. The normalized spacial score (nSPS) is 11.2. The fourth-order valence-corrected chi connectivity index (χ4v) is 0.577. The number of allylic oxidation sites excluding steroid dienone is 4. The van der Waals surface area contributed by atoms with Gasteiger partial charge in [0.05, 0.1) is 0 Å². The Kier molecular flexibility index (Phi) is 3.63. The Hall–Kier alpha value is -0.230. The fourth-order valence-electron chi connectivity index (χ4n) is 0.359. The lowest BCUT2D eigenvalue weighted by atomic mass is 10.3. The smallest absolute Gasteiger partial charge is 0.0362 e. The van der Waals surface area contributed by atoms with E-state index >= 15 is 0 Å². The van der Waals surface area contributed by atoms with Gasteiger partial charge in [0.2, 0.25) is 0 Å². The molecule has 1 heteroatoms. The molecule has 0 N–H and O–H groups in total. The zero-order valence-electron chi connectivity index (χ0n) is 5.53. The van der Waals surface area contributed by atoms with E-state index < -0.39 is 0 Å². The highest BCUT2D eigenvalue weighted by atomic mass is 35.5. The maximum Gasteiger partial charge on any atom is 0.0362 e. The van der Waals surface area contributed by atoms with E-state index in [0.717, 1.165) is 5.03 Å². The second-order valence-corrected chi connectivity index (χ2v) is 2.33. The zero-order chi connectivity index (χ0) is 6.57. The quantitative estimate of drug-likeness (QED) is 0.479. The molecule has 0 bridgehead atoms. The first-order valence-corrected chi connectivity index (χ1v) is 3.01. The Morgan fingerprint density at radius 3 is 2.00 bits per heavy atom. The average Bonchev–Trinajstić information content (AvgIpc) is 1.65. The molecule has 8 heavy (non-hydrogen) atoms. The Balaban J connectivity index is 3.89. The van der Waals surface area contributed by atoms with Crippen LogP contribution in [0.2, 0.25) is 0 Å². The summed E-state index contributed by atoms with van der Waals surface area (Å²) in [5.41, 5.74) is 1.23. The zero-order valence-corrected chi connectivity index (χ0v) is 6.29. The average molecular weight is 131 g/mol. The maximum atomic E-state index is 5.64. The molecule has 0 fully saturated rings. The van der Waals surface area contributed by atoms with Gasteiger partial charge < -0.3 is 0 Å². The molecule has 0 spiro atoms. The van der Waals surface area contributed by atoms with Crippen molar-refractivity contribution >= 4 is 11.6 Å². The van der Waals surface area contributed by atoms with E-state index in [9.17, 15) is 0 Å². The molecule has 0 aliphatic carbocycles. The predicted octanol–water partition coefficient (Wildman–Crippen LogP) is 3.10. The summed E-state index contributed by atoms with van der Waals surface area (Å²) in [5, 5.41) is 0.810. The summed E-state index contributed by atoms with van der Waals surface area (Å²) in [4.78, 5) is 0. The minimum atomic E-state index is 0.810. The lowest BCUT2D eigenvalue weighted by molar-refractivity contribution is 1.38. The molecule has 0 radical (unpaired) electrons. The summed E-state index contributed by atoms with van der Waals surface area (Å²) in [6.45, 7) is 5.96. The van der Waals surface area contributed by atoms with Gasteiger partial charge >= 0.3 is 0 Å². The van der Waals surface area contributed by atoms with Crippen molar-refractivity contribution in [1.82, 2.24) is 0 Å². The lowest BCUT2D eigenvalue weighted by Crippen LogP contribution is -1.64. The van der Waals surface area contributed by atoms with Crippen LogP contribution in [0.25, 0.3) is 0 Å². The van der Waals surface area contributed by atoms with Gasteiger partial charge in [-0.05, 0) is 26.8 Å². The maximum absolute atomic E-state index is 5.64. The van der Waals surface area contributed by atoms with E-state index in [2.05, 4.69) is 0 Å². The van der Waals surface area contributed by atoms with Crippen LogP contribution in [0.3, 0.4) is 0 Å². The summed E-state index contributed by atoms with van der Waals surface area (Å²) in [5.74, 6) is 0. The van der Waals surface area contributed by atoms with Crippen LogP contribution in [0.4, 0.5) is 0 Å². The van der Waals surface area contributed by atoms with Crippen molar-refractivity contribution in [2.24, 2.45) is 0 Å². The van der Waals surface area contributed by atoms with Crippen molar-refractivity contribution in [2.45, 2.75) is 20.8 Å². The van der Waals surface area contributed by atoms with Gasteiger partial charge in [0.15, 0.2) is 0 Å². The standard InChI is InChI=1S/C7H11Cl/c1-4-7(8)5-6(2)3/h4-5H,1-3H3. The van der Waals surface area contributed by atoms with E-state index in [1.54, 1.807) is 0 Å². The third kappa shape index (κ3) is 3.94. The van der Waals surface area contributed by atoms with Crippen LogP contribution in [0, 0.1) is 0 Å². The van der Waals surface area contributed by atoms with Gasteiger partial charge in [-0.25, -0.2) is 0 Å². The minimum absolute atomic E-state index is 0.810. The summed E-state index contributed by atoms with van der Waals surface area (Å²) < 4.78 is 0. The van der Waals surface area contributed by atoms with Gasteiger partial charge in [0, 0.05) is 5.03 Å². The second-order valence-electron chi connectivity index (χ2n) is 1.90. The van der Waals surface area contributed by atoms with Crippen molar-refractivity contribution in [2.75, 3.05) is 0 Å². The van der Waals surface area contributed by atoms with Crippen molar-refractivity contribution < 1.29 is 0 Å². The summed E-state index contributed by atoms with van der Waals surface area (Å²) >= 11 is 5.64. The molecule has 46 valence electrons. The van der Waals surface area contributed by atoms with Crippen LogP contribution in [-0.4, -0.2) is 0 Å². The largest absolute Gasteiger partial charge is 0.0847 e. The molecule has 0 unspecified atom stereocenters. The van der Waals surface area contributed by atoms with Crippen molar-refractivity contribution in [3.8, 4) is 0 Å². The van der Waals surface area contributed by atoms with Crippen LogP contribution in [0.5, 0.6) is 0 Å². The molecule has 0 aliphatic rings. The van der Waals surface area contributed by atoms with Crippen LogP contribution >= 0.6 is 11.6 Å². The predicted molar refractivity (Wildman–Crippen MR) is 39.0 cm³/mol. The third-order valence-corrected chi connectivity index (χ3v) is 1.03. The number of halogens is 1. The monoisotopic (exact) mass is 130 g/mol. The molecule has 0 atom stereocenters. The Morgan fingerprint density at radius 1 is 1.38 bits per heavy atom. The second kappa shape index (κ2) is 3.73. The van der Waals surface area contributed by atoms with E-state index in [1.165, 1.54) is 5.57 Å². The Labute approximate surface area is 55.9 Å². The molecule has 0 aromatic carbocycles. The van der Waals surface area contributed by atoms with Gasteiger partial charge in [-0.1, -0.05) is 23.3 Å². The van der Waals surface area contributed by atoms with Gasteiger partial charge in [-0.3, -0.25) is 0 Å². The first-order valence-electron chi connectivity index (χ1n) is 2.63. The Morgan fingerprint density at radius 2 is 1.88 bits per heavy atom. The molecule has 0 aliphatic heterocycles. The van der Waals surface area contributed by atoms with Crippen molar-refractivity contribution in [3.63, 3.8) is 0 Å². The van der Waals surface area contributed by atoms with Gasteiger partial charge in [0.25, 0.3) is 0 Å². The lowest BCUT2D eigenvalue weighted by Gasteiger charge is -1.86. The fraction of sp³-hybridized carbons (Fsp3) is 0.429. The molecular formula is C7H11Cl. The summed E-state index contributed by atoms with van der Waals surface area (Å²) in [6.07, 6.45) is 3.80. The summed E-state index contributed by atoms with van der Waals surface area (Å²) in [6, 6.07) is 0. The van der Waals surface area contributed by atoms with Crippen LogP contribution < -0.4 is 0 Å². The minimum Gasteiger partial charge on any atom is -0.0847 e. The molecule has 0 heterocycles. The van der Waals surface area contributed by atoms with Crippen LogP contribution in [-0.2, 0) is 0 Å². The van der Waals surface area contributed by atoms with Crippen molar-refractivity contribution in [3.05, 3.63) is 22.8 Å². The highest BCUT2D eigenvalue weighted by Gasteiger charge is 1.79. The van der Waals surface area contributed by atoms with E-state index in [-0.39, 0.29) is 0 Å². The van der Waals surface area contributed by atoms with E-state index in [4.69, 9.17) is 11.6 Å². The SMILES string of the molecule is CC=C(Cl)C=C(C)C. The molecule has 0 saturated heterocycles. The van der Waals surface area contributed by atoms with Gasteiger partial charge in [-0.15, -0.1) is 0 Å².